The molecule has 0 saturated carbocycles. The molecule has 1 atom stereocenters. The minimum Gasteiger partial charge on any atom is -0.334 e. The van der Waals surface area contributed by atoms with Gasteiger partial charge in [-0.2, -0.15) is 5.10 Å². The van der Waals surface area contributed by atoms with Crippen LogP contribution in [0.3, 0.4) is 0 Å². The number of aryl methyl sites for hydroxylation is 1. The molecule has 0 radical (unpaired) electrons. The molecule has 1 aliphatic rings. The van der Waals surface area contributed by atoms with Crippen molar-refractivity contribution in [1.29, 1.82) is 0 Å². The molecule has 3 rings (SSSR count). The third-order valence-corrected chi connectivity index (χ3v) is 4.13. The smallest absolute Gasteiger partial charge is 0.274 e. The summed E-state index contributed by atoms with van der Waals surface area (Å²) in [5, 5.41) is 4.25. The highest BCUT2D eigenvalue weighted by Gasteiger charge is 2.28. The van der Waals surface area contributed by atoms with Crippen LogP contribution in [0, 0.1) is 0 Å². The quantitative estimate of drug-likeness (QED) is 0.868. The first-order valence-electron chi connectivity index (χ1n) is 7.58. The predicted molar refractivity (Wildman–Crippen MR) is 82.0 cm³/mol. The normalized spacial score (nSPS) is 18.7. The molecule has 0 aliphatic carbocycles. The number of piperidine rings is 1. The van der Waals surface area contributed by atoms with E-state index in [1.807, 2.05) is 24.2 Å². The minimum absolute atomic E-state index is 0.0660. The number of rotatable bonds is 3. The number of carbonyl (C=O) groups excluding carboxylic acids is 1. The Hall–Kier alpha value is -2.10. The minimum atomic E-state index is 0.0660. The Labute approximate surface area is 125 Å². The van der Waals surface area contributed by atoms with Crippen LogP contribution in [-0.2, 0) is 13.5 Å². The molecule has 4 heteroatoms. The topological polar surface area (TPSA) is 38.1 Å². The van der Waals surface area contributed by atoms with Crippen LogP contribution < -0.4 is 0 Å². The van der Waals surface area contributed by atoms with Crippen molar-refractivity contribution in [3.8, 4) is 0 Å². The molecule has 2 aromatic rings. The lowest BCUT2D eigenvalue weighted by Gasteiger charge is -2.35. The van der Waals surface area contributed by atoms with Gasteiger partial charge in [-0.25, -0.2) is 0 Å². The zero-order chi connectivity index (χ0) is 14.7. The van der Waals surface area contributed by atoms with Gasteiger partial charge >= 0.3 is 0 Å². The predicted octanol–water partition coefficient (Wildman–Crippen LogP) is 2.66. The zero-order valence-electron chi connectivity index (χ0n) is 12.4. The van der Waals surface area contributed by atoms with Gasteiger partial charge in [0.05, 0.1) is 0 Å². The van der Waals surface area contributed by atoms with Crippen LogP contribution >= 0.6 is 0 Å². The lowest BCUT2D eigenvalue weighted by molar-refractivity contribution is 0.0606. The molecule has 110 valence electrons. The fraction of sp³-hybridized carbons (Fsp3) is 0.412. The van der Waals surface area contributed by atoms with E-state index < -0.39 is 0 Å². The number of carbonyl (C=O) groups is 1. The Bertz CT molecular complexity index is 606. The van der Waals surface area contributed by atoms with Gasteiger partial charge in [0, 0.05) is 25.8 Å². The Kier molecular flexibility index (Phi) is 4.04. The molecular formula is C17H21N3O. The van der Waals surface area contributed by atoms with Gasteiger partial charge in [-0.3, -0.25) is 9.48 Å². The maximum atomic E-state index is 12.7. The SMILES string of the molecule is Cn1ccc(C(=O)N2CCCC[C@H]2Cc2ccccc2)n1. The second kappa shape index (κ2) is 6.12. The van der Waals surface area contributed by atoms with Crippen LogP contribution in [0.1, 0.15) is 35.3 Å². The van der Waals surface area contributed by atoms with E-state index in [0.717, 1.165) is 25.8 Å². The van der Waals surface area contributed by atoms with Gasteiger partial charge in [-0.15, -0.1) is 0 Å². The van der Waals surface area contributed by atoms with Crippen molar-refractivity contribution in [1.82, 2.24) is 14.7 Å². The van der Waals surface area contributed by atoms with E-state index in [9.17, 15) is 4.79 Å². The Morgan fingerprint density at radius 3 is 2.76 bits per heavy atom. The highest BCUT2D eigenvalue weighted by molar-refractivity contribution is 5.92. The van der Waals surface area contributed by atoms with Crippen molar-refractivity contribution in [3.05, 3.63) is 53.9 Å². The second-order valence-corrected chi connectivity index (χ2v) is 5.71. The van der Waals surface area contributed by atoms with Gasteiger partial charge in [0.2, 0.25) is 0 Å². The van der Waals surface area contributed by atoms with Crippen molar-refractivity contribution in [2.45, 2.75) is 31.7 Å². The van der Waals surface area contributed by atoms with Crippen molar-refractivity contribution in [2.24, 2.45) is 7.05 Å². The number of hydrogen-bond acceptors (Lipinski definition) is 2. The number of hydrogen-bond donors (Lipinski definition) is 0. The van der Waals surface area contributed by atoms with Gasteiger partial charge in [-0.1, -0.05) is 30.3 Å². The maximum absolute atomic E-state index is 12.7. The van der Waals surface area contributed by atoms with E-state index >= 15 is 0 Å². The van der Waals surface area contributed by atoms with Gasteiger partial charge in [0.15, 0.2) is 0 Å². The second-order valence-electron chi connectivity index (χ2n) is 5.71. The van der Waals surface area contributed by atoms with Crippen LogP contribution in [-0.4, -0.2) is 33.2 Å². The van der Waals surface area contributed by atoms with Gasteiger partial charge in [-0.05, 0) is 37.3 Å². The fourth-order valence-electron chi connectivity index (χ4n) is 3.04. The first-order chi connectivity index (χ1) is 10.2. The number of benzene rings is 1. The summed E-state index contributed by atoms with van der Waals surface area (Å²) in [6.07, 6.45) is 6.11. The van der Waals surface area contributed by atoms with Crippen LogP contribution in [0.2, 0.25) is 0 Å². The summed E-state index contributed by atoms with van der Waals surface area (Å²) in [5.41, 5.74) is 1.85. The van der Waals surface area contributed by atoms with Crippen LogP contribution in [0.5, 0.6) is 0 Å². The average molecular weight is 283 g/mol. The van der Waals surface area contributed by atoms with E-state index in [-0.39, 0.29) is 11.9 Å². The number of nitrogens with zero attached hydrogens (tertiary/aromatic N) is 3. The average Bonchev–Trinajstić information content (AvgIpc) is 2.95. The third kappa shape index (κ3) is 3.15. The summed E-state index contributed by atoms with van der Waals surface area (Å²) in [7, 11) is 1.84. The van der Waals surface area contributed by atoms with Crippen molar-refractivity contribution in [3.63, 3.8) is 0 Å². The molecule has 1 amide bonds. The van der Waals surface area contributed by atoms with Crippen LogP contribution in [0.4, 0.5) is 0 Å². The van der Waals surface area contributed by atoms with E-state index in [2.05, 4.69) is 29.4 Å². The number of aromatic nitrogens is 2. The van der Waals surface area contributed by atoms with E-state index in [1.54, 1.807) is 10.7 Å². The fourth-order valence-corrected chi connectivity index (χ4v) is 3.04. The Morgan fingerprint density at radius 1 is 1.24 bits per heavy atom. The zero-order valence-corrected chi connectivity index (χ0v) is 12.4. The van der Waals surface area contributed by atoms with E-state index in [4.69, 9.17) is 0 Å². The molecule has 0 unspecified atom stereocenters. The van der Waals surface area contributed by atoms with Crippen molar-refractivity contribution >= 4 is 5.91 Å². The molecule has 0 bridgehead atoms. The highest BCUT2D eigenvalue weighted by Crippen LogP contribution is 2.22. The molecule has 0 N–H and O–H groups in total. The lowest BCUT2D eigenvalue weighted by atomic mass is 9.95. The molecule has 21 heavy (non-hydrogen) atoms. The van der Waals surface area contributed by atoms with E-state index in [1.165, 1.54) is 12.0 Å². The van der Waals surface area contributed by atoms with Crippen LogP contribution in [0.25, 0.3) is 0 Å². The summed E-state index contributed by atoms with van der Waals surface area (Å²) in [4.78, 5) is 14.7. The monoisotopic (exact) mass is 283 g/mol. The summed E-state index contributed by atoms with van der Waals surface area (Å²) in [6.45, 7) is 0.840. The number of amides is 1. The first-order valence-corrected chi connectivity index (χ1v) is 7.58. The van der Waals surface area contributed by atoms with Crippen molar-refractivity contribution < 1.29 is 4.79 Å². The lowest BCUT2D eigenvalue weighted by Crippen LogP contribution is -2.45. The molecule has 2 heterocycles. The summed E-state index contributed by atoms with van der Waals surface area (Å²) in [5.74, 6) is 0.0660. The Balaban J connectivity index is 1.76. The van der Waals surface area contributed by atoms with Gasteiger partial charge < -0.3 is 4.90 Å². The first kappa shape index (κ1) is 13.9. The summed E-state index contributed by atoms with van der Waals surface area (Å²) in [6, 6.07) is 12.5. The number of likely N-dealkylation sites (tertiary alicyclic amines) is 1. The third-order valence-electron chi connectivity index (χ3n) is 4.13. The maximum Gasteiger partial charge on any atom is 0.274 e. The molecule has 1 aliphatic heterocycles. The molecule has 1 fully saturated rings. The van der Waals surface area contributed by atoms with Gasteiger partial charge in [0.25, 0.3) is 5.91 Å². The molecule has 0 spiro atoms. The molecule has 1 saturated heterocycles. The molecule has 4 nitrogen and oxygen atoms in total. The van der Waals surface area contributed by atoms with Gasteiger partial charge in [0.1, 0.15) is 5.69 Å². The Morgan fingerprint density at radius 2 is 2.05 bits per heavy atom. The standard InChI is InChI=1S/C17H21N3O/c1-19-12-10-16(18-19)17(21)20-11-6-5-9-15(20)13-14-7-3-2-4-8-14/h2-4,7-8,10,12,15H,5-6,9,11,13H2,1H3/t15-/m0/s1. The molecule has 1 aromatic carbocycles. The van der Waals surface area contributed by atoms with E-state index in [0.29, 0.717) is 5.69 Å². The highest BCUT2D eigenvalue weighted by atomic mass is 16.2. The van der Waals surface area contributed by atoms with Crippen LogP contribution in [0.15, 0.2) is 42.6 Å². The summed E-state index contributed by atoms with van der Waals surface area (Å²) >= 11 is 0. The summed E-state index contributed by atoms with van der Waals surface area (Å²) < 4.78 is 1.68. The molecular weight excluding hydrogens is 262 g/mol. The molecule has 1 aromatic heterocycles. The van der Waals surface area contributed by atoms with Crippen molar-refractivity contribution in [2.75, 3.05) is 6.54 Å². The largest absolute Gasteiger partial charge is 0.334 e.